The maximum absolute atomic E-state index is 17.7. The number of carboxylic acids is 1. The van der Waals surface area contributed by atoms with Crippen molar-refractivity contribution in [3.05, 3.63) is 77.9 Å². The van der Waals surface area contributed by atoms with E-state index in [0.29, 0.717) is 50.9 Å². The molecule has 2 aromatic carbocycles. The molecule has 2 amide bonds. The lowest BCUT2D eigenvalue weighted by molar-refractivity contribution is -0.235. The number of Topliss-reactive ketones (excluding diaryl/α,β-unsaturated/α-hetero) is 1. The molecule has 2 unspecified atom stereocenters. The maximum Gasteiger partial charge on any atom is 0.304 e. The van der Waals surface area contributed by atoms with Gasteiger partial charge in [0.1, 0.15) is 12.8 Å². The van der Waals surface area contributed by atoms with Crippen molar-refractivity contribution in [3.8, 4) is 0 Å². The molecular formula is C49H60F2N2O14S2. The number of amides is 2. The van der Waals surface area contributed by atoms with Gasteiger partial charge in [-0.2, -0.15) is 12.6 Å². The van der Waals surface area contributed by atoms with E-state index in [1.165, 1.54) is 30.8 Å². The van der Waals surface area contributed by atoms with Gasteiger partial charge in [-0.1, -0.05) is 43.0 Å². The number of ketones is 2. The Morgan fingerprint density at radius 3 is 2.26 bits per heavy atom. The normalized spacial score (nSPS) is 31.5. The summed E-state index contributed by atoms with van der Waals surface area (Å²) in [5.41, 5.74) is -5.68. The van der Waals surface area contributed by atoms with Crippen molar-refractivity contribution in [2.24, 2.45) is 22.7 Å². The number of benzene rings is 2. The Morgan fingerprint density at radius 2 is 1.59 bits per heavy atom. The zero-order chi connectivity index (χ0) is 49.6. The van der Waals surface area contributed by atoms with Crippen LogP contribution in [0.1, 0.15) is 57.8 Å². The number of anilines is 1. The van der Waals surface area contributed by atoms with Crippen LogP contribution in [0.5, 0.6) is 0 Å². The van der Waals surface area contributed by atoms with Crippen molar-refractivity contribution >= 4 is 59.4 Å². The number of carbonyl (C=O) groups excluding carboxylic acids is 4. The lowest BCUT2D eigenvalue weighted by atomic mass is 9.44. The SMILES string of the molecule is C[C@]12C=CC(=O)C=C1[C@@H](F)C[C@H]1C3C[C@H]4O[C@@H](c5ccc(Sc6cccc(NC(=O)CCOCCOCCOCCOCCNC(=O)C(S)CC(=O)O)c6)cc5)O[C@@]4(C(=O)CO)[C@@]3(C)C[C@H](O)[C@@]12F. The summed E-state index contributed by atoms with van der Waals surface area (Å²) in [4.78, 5) is 62.9. The van der Waals surface area contributed by atoms with Gasteiger partial charge >= 0.3 is 5.97 Å². The number of ether oxygens (including phenoxy) is 6. The van der Waals surface area contributed by atoms with Gasteiger partial charge in [-0.25, -0.2) is 8.78 Å². The number of aliphatic hydroxyl groups excluding tert-OH is 2. The van der Waals surface area contributed by atoms with Crippen molar-refractivity contribution in [1.82, 2.24) is 5.32 Å². The van der Waals surface area contributed by atoms with Crippen LogP contribution in [-0.2, 0) is 52.4 Å². The first kappa shape index (κ1) is 52.7. The van der Waals surface area contributed by atoms with Crippen LogP contribution in [0.3, 0.4) is 0 Å². The number of rotatable bonds is 24. The number of aliphatic carboxylic acids is 1. The van der Waals surface area contributed by atoms with Crippen LogP contribution in [0, 0.1) is 22.7 Å². The maximum atomic E-state index is 17.7. The van der Waals surface area contributed by atoms with Gasteiger partial charge in [0, 0.05) is 44.3 Å². The topological polar surface area (TPSA) is 225 Å². The standard InChI is InChI=1S/C49H60F2N2O14S2/c1-46-12-10-31(55)23-36(46)37(50)24-35-34-25-41-49(40(57)28-54,47(34,2)27-39(56)48(35,46)51)67-45(66-41)29-6-8-32(9-7-29)69-33-5-3-4-30(22-33)53-42(58)11-14-62-16-18-64-20-21-65-19-17-63-15-13-52-44(61)38(68)26-43(59)60/h3-10,12,22-23,34-35,37-39,41,45,54,56,68H,11,13-21,24-28H2,1-2H3,(H,52,61)(H,53,58)(H,59,60)/t34?,35-,37-,38?,39-,41+,45+,46-,47-,48-,49+/m0/s1. The molecule has 1 aliphatic heterocycles. The first-order chi connectivity index (χ1) is 33.0. The average Bonchev–Trinajstić information content (AvgIpc) is 3.82. The highest BCUT2D eigenvalue weighted by atomic mass is 32.2. The fraction of sp³-hybridized carbons (Fsp3) is 0.571. The molecule has 7 rings (SSSR count). The number of carboxylic acid groups (broad SMARTS) is 1. The molecule has 1 heterocycles. The van der Waals surface area contributed by atoms with E-state index < -0.39 is 93.9 Å². The molecule has 0 bridgehead atoms. The van der Waals surface area contributed by atoms with Crippen LogP contribution >= 0.6 is 24.4 Å². The molecule has 5 aliphatic rings. The summed E-state index contributed by atoms with van der Waals surface area (Å²) < 4.78 is 68.6. The molecule has 0 spiro atoms. The lowest BCUT2D eigenvalue weighted by Gasteiger charge is -2.63. The second-order valence-corrected chi connectivity index (χ2v) is 20.1. The number of carbonyl (C=O) groups is 5. The zero-order valence-electron chi connectivity index (χ0n) is 38.4. The minimum Gasteiger partial charge on any atom is -0.481 e. The summed E-state index contributed by atoms with van der Waals surface area (Å²) in [5.74, 6) is -4.58. The molecule has 20 heteroatoms. The molecule has 69 heavy (non-hydrogen) atoms. The van der Waals surface area contributed by atoms with Gasteiger partial charge in [-0.15, -0.1) is 0 Å². The molecule has 11 atom stereocenters. The molecule has 0 aromatic heterocycles. The van der Waals surface area contributed by atoms with Crippen molar-refractivity contribution in [2.45, 2.75) is 96.9 Å². The van der Waals surface area contributed by atoms with E-state index in [1.54, 1.807) is 25.1 Å². The fourth-order valence-corrected chi connectivity index (χ4v) is 12.1. The second kappa shape index (κ2) is 22.5. The largest absolute Gasteiger partial charge is 0.481 e. The smallest absolute Gasteiger partial charge is 0.304 e. The highest BCUT2D eigenvalue weighted by Crippen LogP contribution is 2.72. The Morgan fingerprint density at radius 1 is 0.928 bits per heavy atom. The van der Waals surface area contributed by atoms with Crippen molar-refractivity contribution in [3.63, 3.8) is 0 Å². The zero-order valence-corrected chi connectivity index (χ0v) is 40.2. The predicted molar refractivity (Wildman–Crippen MR) is 249 cm³/mol. The first-order valence-electron chi connectivity index (χ1n) is 23.1. The highest BCUT2D eigenvalue weighted by molar-refractivity contribution is 7.99. The highest BCUT2D eigenvalue weighted by Gasteiger charge is 2.80. The molecule has 4 fully saturated rings. The molecule has 0 radical (unpaired) electrons. The van der Waals surface area contributed by atoms with Gasteiger partial charge in [0.2, 0.25) is 11.8 Å². The van der Waals surface area contributed by atoms with Crippen molar-refractivity contribution < 1.29 is 76.5 Å². The van der Waals surface area contributed by atoms with Gasteiger partial charge in [0.25, 0.3) is 0 Å². The molecule has 4 aliphatic carbocycles. The number of hydrogen-bond acceptors (Lipinski definition) is 15. The van der Waals surface area contributed by atoms with E-state index in [2.05, 4.69) is 23.3 Å². The van der Waals surface area contributed by atoms with E-state index in [-0.39, 0.29) is 63.3 Å². The summed E-state index contributed by atoms with van der Waals surface area (Å²) >= 11 is 5.41. The fourth-order valence-electron chi connectivity index (χ4n) is 11.0. The predicted octanol–water partition coefficient (Wildman–Crippen LogP) is 4.77. The van der Waals surface area contributed by atoms with E-state index in [1.807, 2.05) is 30.3 Å². The summed E-state index contributed by atoms with van der Waals surface area (Å²) in [5, 5.41) is 35.3. The Balaban J connectivity index is 0.825. The third-order valence-corrected chi connectivity index (χ3v) is 15.7. The van der Waals surface area contributed by atoms with Gasteiger partial charge in [0.05, 0.1) is 83.2 Å². The Kier molecular flexibility index (Phi) is 17.2. The molecule has 1 saturated heterocycles. The molecule has 376 valence electrons. The quantitative estimate of drug-likeness (QED) is 0.0616. The van der Waals surface area contributed by atoms with Crippen LogP contribution < -0.4 is 10.6 Å². The summed E-state index contributed by atoms with van der Waals surface area (Å²) in [7, 11) is 0. The number of thiol groups is 1. The third-order valence-electron chi connectivity index (χ3n) is 14.2. The second-order valence-electron chi connectivity index (χ2n) is 18.3. The molecule has 2 aromatic rings. The summed E-state index contributed by atoms with van der Waals surface area (Å²) in [6.45, 7) is 5.00. The average molecular weight is 1000 g/mol. The lowest BCUT2D eigenvalue weighted by Crippen LogP contribution is -2.70. The van der Waals surface area contributed by atoms with Gasteiger partial charge in [0.15, 0.2) is 29.1 Å². The van der Waals surface area contributed by atoms with Crippen molar-refractivity contribution in [1.29, 1.82) is 0 Å². The number of nitrogens with one attached hydrogen (secondary N) is 2. The number of fused-ring (bicyclic) bond motifs is 7. The minimum absolute atomic E-state index is 0.00859. The van der Waals surface area contributed by atoms with Crippen molar-refractivity contribution in [2.75, 3.05) is 71.3 Å². The van der Waals surface area contributed by atoms with Crippen LogP contribution in [-0.4, -0.2) is 146 Å². The van der Waals surface area contributed by atoms with Gasteiger partial charge in [-0.05, 0) is 80.2 Å². The number of halogens is 2. The van der Waals surface area contributed by atoms with E-state index in [0.717, 1.165) is 15.9 Å². The minimum atomic E-state index is -2.34. The van der Waals surface area contributed by atoms with Crippen LogP contribution in [0.15, 0.2) is 82.1 Å². The Bertz CT molecular complexity index is 2270. The Hall–Kier alpha value is -4.09. The van der Waals surface area contributed by atoms with E-state index in [9.17, 15) is 34.2 Å². The number of alkyl halides is 2. The monoisotopic (exact) mass is 1000 g/mol. The van der Waals surface area contributed by atoms with E-state index in [4.69, 9.17) is 33.5 Å². The van der Waals surface area contributed by atoms with Gasteiger partial charge in [-0.3, -0.25) is 24.0 Å². The number of hydrogen-bond donors (Lipinski definition) is 6. The van der Waals surface area contributed by atoms with Crippen LogP contribution in [0.4, 0.5) is 14.5 Å². The third kappa shape index (κ3) is 10.9. The molecular weight excluding hydrogens is 943 g/mol. The molecule has 16 nitrogen and oxygen atoms in total. The summed E-state index contributed by atoms with van der Waals surface area (Å²) in [6, 6.07) is 14.7. The summed E-state index contributed by atoms with van der Waals surface area (Å²) in [6.07, 6.45) is -2.09. The molecule has 3 saturated carbocycles. The number of aliphatic hydroxyl groups is 2. The van der Waals surface area contributed by atoms with Crippen LogP contribution in [0.25, 0.3) is 0 Å². The molecule has 5 N–H and O–H groups in total. The Labute approximate surface area is 408 Å². The van der Waals surface area contributed by atoms with Gasteiger partial charge < -0.3 is 54.4 Å². The number of allylic oxidation sites excluding steroid dienone is 4. The first-order valence-corrected chi connectivity index (χ1v) is 24.4. The van der Waals surface area contributed by atoms with E-state index >= 15 is 8.78 Å². The van der Waals surface area contributed by atoms with Crippen LogP contribution in [0.2, 0.25) is 0 Å².